The van der Waals surface area contributed by atoms with E-state index in [9.17, 15) is 0 Å². The van der Waals surface area contributed by atoms with E-state index in [0.717, 1.165) is 76.4 Å². The van der Waals surface area contributed by atoms with Crippen molar-refractivity contribution in [3.63, 3.8) is 0 Å². The zero-order valence-corrected chi connectivity index (χ0v) is 18.9. The summed E-state index contributed by atoms with van der Waals surface area (Å²) in [6, 6.07) is 12.6. The molecular weight excluding hydrogens is 484 g/mol. The second-order valence-corrected chi connectivity index (χ2v) is 9.93. The summed E-state index contributed by atoms with van der Waals surface area (Å²) in [5.74, 6) is 3.27. The summed E-state index contributed by atoms with van der Waals surface area (Å²) in [6.45, 7) is 6.39. The maximum atomic E-state index is 6.19. The molecule has 2 aromatic rings. The predicted molar refractivity (Wildman–Crippen MR) is 119 cm³/mol. The second-order valence-electron chi connectivity index (χ2n) is 8.10. The van der Waals surface area contributed by atoms with Crippen LogP contribution in [0.15, 0.2) is 45.3 Å². The summed E-state index contributed by atoms with van der Waals surface area (Å²) in [5, 5.41) is 0. The van der Waals surface area contributed by atoms with Crippen molar-refractivity contribution in [3.05, 3.63) is 45.3 Å². The van der Waals surface area contributed by atoms with Gasteiger partial charge in [0.25, 0.3) is 0 Å². The van der Waals surface area contributed by atoms with E-state index in [1.165, 1.54) is 19.5 Å². The van der Waals surface area contributed by atoms with Gasteiger partial charge < -0.3 is 19.3 Å². The Kier molecular flexibility index (Phi) is 5.39. The highest BCUT2D eigenvalue weighted by atomic mass is 79.9. The summed E-state index contributed by atoms with van der Waals surface area (Å²) in [6.07, 6.45) is 2.48. The van der Waals surface area contributed by atoms with Crippen LogP contribution in [0.1, 0.15) is 12.8 Å². The third kappa shape index (κ3) is 3.84. The normalized spacial score (nSPS) is 23.7. The summed E-state index contributed by atoms with van der Waals surface area (Å²) >= 11 is 7.14. The molecule has 0 spiro atoms. The number of anilines is 2. The van der Waals surface area contributed by atoms with Gasteiger partial charge in [-0.05, 0) is 67.6 Å². The number of benzene rings is 2. The highest BCUT2D eigenvalue weighted by Crippen LogP contribution is 2.48. The molecule has 28 heavy (non-hydrogen) atoms. The first-order valence-corrected chi connectivity index (χ1v) is 11.6. The number of hydrogen-bond acceptors (Lipinski definition) is 4. The van der Waals surface area contributed by atoms with Gasteiger partial charge in [0.15, 0.2) is 11.5 Å². The lowest BCUT2D eigenvalue weighted by Crippen LogP contribution is -2.47. The fraction of sp³-hybridized carbons (Fsp3) is 0.455. The molecule has 2 saturated heterocycles. The maximum Gasteiger partial charge on any atom is 0.152 e. The Morgan fingerprint density at radius 1 is 0.857 bits per heavy atom. The monoisotopic (exact) mass is 506 g/mol. The number of halogens is 2. The van der Waals surface area contributed by atoms with Crippen LogP contribution in [0, 0.1) is 11.8 Å². The average Bonchev–Trinajstić information content (AvgIpc) is 2.66. The zero-order chi connectivity index (χ0) is 19.1. The van der Waals surface area contributed by atoms with E-state index in [2.05, 4.69) is 78.1 Å². The van der Waals surface area contributed by atoms with Crippen molar-refractivity contribution < 1.29 is 9.47 Å². The number of piperidine rings is 1. The summed E-state index contributed by atoms with van der Waals surface area (Å²) < 4.78 is 14.0. The van der Waals surface area contributed by atoms with Crippen molar-refractivity contribution >= 4 is 43.2 Å². The Morgan fingerprint density at radius 3 is 2.07 bits per heavy atom. The molecule has 148 valence electrons. The van der Waals surface area contributed by atoms with Gasteiger partial charge in [-0.3, -0.25) is 0 Å². The lowest BCUT2D eigenvalue weighted by atomic mass is 9.88. The molecule has 0 amide bonds. The number of fused-ring (bicyclic) bond motifs is 4. The molecule has 0 aromatic heterocycles. The standard InChI is InChI=1S/C22H24Br2N2O2/c23-17-2-4-19-21(9-17)28-22-10-18(24)3-5-20(22)26(19)7-1-6-25-11-15-8-16(12-25)14-27-13-15/h2-5,9-10,15-16H,1,6-8,11-14H2. The molecule has 0 saturated carbocycles. The van der Waals surface area contributed by atoms with Gasteiger partial charge in [0.05, 0.1) is 24.6 Å². The van der Waals surface area contributed by atoms with E-state index in [4.69, 9.17) is 9.47 Å². The van der Waals surface area contributed by atoms with Crippen molar-refractivity contribution in [1.82, 2.24) is 4.90 Å². The van der Waals surface area contributed by atoms with Crippen LogP contribution in [0.3, 0.4) is 0 Å². The van der Waals surface area contributed by atoms with Crippen LogP contribution in [-0.4, -0.2) is 44.3 Å². The van der Waals surface area contributed by atoms with Crippen LogP contribution in [-0.2, 0) is 4.74 Å². The molecule has 2 bridgehead atoms. The van der Waals surface area contributed by atoms with Gasteiger partial charge >= 0.3 is 0 Å². The minimum atomic E-state index is 0.729. The summed E-state index contributed by atoms with van der Waals surface area (Å²) in [7, 11) is 0. The predicted octanol–water partition coefficient (Wildman–Crippen LogP) is 5.81. The highest BCUT2D eigenvalue weighted by Gasteiger charge is 2.31. The van der Waals surface area contributed by atoms with Crippen LogP contribution in [0.4, 0.5) is 11.4 Å². The van der Waals surface area contributed by atoms with Crippen LogP contribution in [0.2, 0.25) is 0 Å². The smallest absolute Gasteiger partial charge is 0.152 e. The summed E-state index contributed by atoms with van der Waals surface area (Å²) in [4.78, 5) is 5.05. The quantitative estimate of drug-likeness (QED) is 0.521. The van der Waals surface area contributed by atoms with Crippen LogP contribution in [0.5, 0.6) is 11.5 Å². The number of likely N-dealkylation sites (tertiary alicyclic amines) is 1. The van der Waals surface area contributed by atoms with Gasteiger partial charge in [-0.15, -0.1) is 0 Å². The van der Waals surface area contributed by atoms with Crippen LogP contribution in [0.25, 0.3) is 0 Å². The number of hydrogen-bond donors (Lipinski definition) is 0. The molecule has 0 N–H and O–H groups in total. The van der Waals surface area contributed by atoms with Gasteiger partial charge in [-0.2, -0.15) is 0 Å². The van der Waals surface area contributed by atoms with Gasteiger partial charge in [0.2, 0.25) is 0 Å². The van der Waals surface area contributed by atoms with Gasteiger partial charge in [-0.1, -0.05) is 31.9 Å². The first-order valence-electron chi connectivity index (χ1n) is 10.0. The SMILES string of the molecule is Brc1ccc2c(c1)Oc1cc(Br)ccc1N2CCCN1CC2COCC(C2)C1. The molecule has 2 fully saturated rings. The molecule has 6 heteroatoms. The van der Waals surface area contributed by atoms with Crippen LogP contribution >= 0.6 is 31.9 Å². The van der Waals surface area contributed by atoms with Crippen molar-refractivity contribution in [2.24, 2.45) is 11.8 Å². The number of ether oxygens (including phenoxy) is 2. The topological polar surface area (TPSA) is 24.9 Å². The molecule has 5 rings (SSSR count). The van der Waals surface area contributed by atoms with Crippen molar-refractivity contribution in [2.75, 3.05) is 44.3 Å². The largest absolute Gasteiger partial charge is 0.453 e. The zero-order valence-electron chi connectivity index (χ0n) is 15.7. The first kappa shape index (κ1) is 18.9. The molecule has 3 aliphatic heterocycles. The van der Waals surface area contributed by atoms with E-state index in [0.29, 0.717) is 0 Å². The Labute approximate surface area is 183 Å². The molecule has 2 unspecified atom stereocenters. The van der Waals surface area contributed by atoms with Gasteiger partial charge in [0.1, 0.15) is 0 Å². The highest BCUT2D eigenvalue weighted by molar-refractivity contribution is 9.10. The lowest BCUT2D eigenvalue weighted by molar-refractivity contribution is -0.0403. The molecule has 2 atom stereocenters. The van der Waals surface area contributed by atoms with E-state index in [1.54, 1.807) is 0 Å². The molecular formula is C22H24Br2N2O2. The average molecular weight is 508 g/mol. The maximum absolute atomic E-state index is 6.19. The van der Waals surface area contributed by atoms with Crippen LogP contribution < -0.4 is 9.64 Å². The Bertz CT molecular complexity index is 812. The van der Waals surface area contributed by atoms with Crippen molar-refractivity contribution in [3.8, 4) is 11.5 Å². The molecule has 4 nitrogen and oxygen atoms in total. The minimum absolute atomic E-state index is 0.729. The first-order chi connectivity index (χ1) is 13.7. The fourth-order valence-corrected chi connectivity index (χ4v) is 5.46. The van der Waals surface area contributed by atoms with E-state index < -0.39 is 0 Å². The third-order valence-corrected chi connectivity index (χ3v) is 6.89. The molecule has 0 radical (unpaired) electrons. The Hall–Kier alpha value is -1.08. The number of nitrogens with zero attached hydrogens (tertiary/aromatic N) is 2. The Balaban J connectivity index is 1.32. The molecule has 3 aliphatic rings. The number of rotatable bonds is 4. The fourth-order valence-electron chi connectivity index (χ4n) is 4.78. The molecule has 2 aromatic carbocycles. The lowest BCUT2D eigenvalue weighted by Gasteiger charge is -2.41. The van der Waals surface area contributed by atoms with Gasteiger partial charge in [0, 0.05) is 28.6 Å². The molecule has 0 aliphatic carbocycles. The van der Waals surface area contributed by atoms with E-state index in [1.807, 2.05) is 0 Å². The van der Waals surface area contributed by atoms with E-state index in [-0.39, 0.29) is 0 Å². The summed E-state index contributed by atoms with van der Waals surface area (Å²) in [5.41, 5.74) is 2.28. The second kappa shape index (κ2) is 7.98. The van der Waals surface area contributed by atoms with E-state index >= 15 is 0 Å². The third-order valence-electron chi connectivity index (χ3n) is 5.91. The minimum Gasteiger partial charge on any atom is -0.453 e. The van der Waals surface area contributed by atoms with Crippen molar-refractivity contribution in [1.29, 1.82) is 0 Å². The van der Waals surface area contributed by atoms with Gasteiger partial charge in [-0.25, -0.2) is 0 Å². The molecule has 3 heterocycles. The Morgan fingerprint density at radius 2 is 1.46 bits per heavy atom. The van der Waals surface area contributed by atoms with Crippen molar-refractivity contribution in [2.45, 2.75) is 12.8 Å².